The molecule has 0 aliphatic carbocycles. The minimum absolute atomic E-state index is 0.0607. The van der Waals surface area contributed by atoms with Gasteiger partial charge in [0, 0.05) is 19.1 Å². The molecular formula is C12H18F2N2O2S. The van der Waals surface area contributed by atoms with E-state index in [1.54, 1.807) is 13.8 Å². The fourth-order valence-electron chi connectivity index (χ4n) is 1.60. The number of nitrogens with one attached hydrogen (secondary N) is 2. The van der Waals surface area contributed by atoms with Gasteiger partial charge in [-0.1, -0.05) is 13.0 Å². The Balaban J connectivity index is 2.51. The molecule has 0 aliphatic rings. The summed E-state index contributed by atoms with van der Waals surface area (Å²) in [7, 11) is -3.27. The molecule has 0 aliphatic heterocycles. The van der Waals surface area contributed by atoms with E-state index >= 15 is 0 Å². The smallest absolute Gasteiger partial charge is 0.212 e. The van der Waals surface area contributed by atoms with Crippen molar-refractivity contribution in [3.05, 3.63) is 35.4 Å². The van der Waals surface area contributed by atoms with Crippen molar-refractivity contribution in [1.82, 2.24) is 10.0 Å². The highest BCUT2D eigenvalue weighted by molar-refractivity contribution is 7.89. The molecule has 7 heteroatoms. The molecule has 19 heavy (non-hydrogen) atoms. The van der Waals surface area contributed by atoms with E-state index in [-0.39, 0.29) is 18.3 Å². The molecule has 1 aromatic carbocycles. The molecule has 4 nitrogen and oxygen atoms in total. The van der Waals surface area contributed by atoms with Gasteiger partial charge >= 0.3 is 0 Å². The summed E-state index contributed by atoms with van der Waals surface area (Å²) in [5.41, 5.74) is 0.569. The maximum atomic E-state index is 13.0. The SMILES string of the molecule is CCNS(=O)(=O)CCNC(C)c1ccc(F)c(F)c1. The Kier molecular flexibility index (Phi) is 5.84. The predicted molar refractivity (Wildman–Crippen MR) is 70.2 cm³/mol. The van der Waals surface area contributed by atoms with Crippen LogP contribution in [0.25, 0.3) is 0 Å². The van der Waals surface area contributed by atoms with Gasteiger partial charge in [0.1, 0.15) is 0 Å². The van der Waals surface area contributed by atoms with Gasteiger partial charge in [-0.2, -0.15) is 0 Å². The van der Waals surface area contributed by atoms with E-state index in [1.165, 1.54) is 6.07 Å². The summed E-state index contributed by atoms with van der Waals surface area (Å²) in [4.78, 5) is 0. The molecule has 1 atom stereocenters. The van der Waals surface area contributed by atoms with Crippen molar-refractivity contribution in [1.29, 1.82) is 0 Å². The number of hydrogen-bond acceptors (Lipinski definition) is 3. The first-order valence-electron chi connectivity index (χ1n) is 6.01. The quantitative estimate of drug-likeness (QED) is 0.802. The van der Waals surface area contributed by atoms with Crippen molar-refractivity contribution < 1.29 is 17.2 Å². The highest BCUT2D eigenvalue weighted by Crippen LogP contribution is 2.15. The predicted octanol–water partition coefficient (Wildman–Crippen LogP) is 1.55. The zero-order valence-corrected chi connectivity index (χ0v) is 11.7. The number of hydrogen-bond donors (Lipinski definition) is 2. The molecule has 0 saturated carbocycles. The zero-order valence-electron chi connectivity index (χ0n) is 10.9. The van der Waals surface area contributed by atoms with E-state index in [0.29, 0.717) is 12.1 Å². The molecule has 1 unspecified atom stereocenters. The van der Waals surface area contributed by atoms with Crippen molar-refractivity contribution in [2.24, 2.45) is 0 Å². The third-order valence-electron chi connectivity index (χ3n) is 2.63. The molecule has 108 valence electrons. The minimum Gasteiger partial charge on any atom is -0.309 e. The Labute approximate surface area is 112 Å². The summed E-state index contributed by atoms with van der Waals surface area (Å²) in [6, 6.07) is 3.37. The molecule has 1 rings (SSSR count). The Bertz CT molecular complexity index is 520. The van der Waals surface area contributed by atoms with Crippen molar-refractivity contribution in [2.75, 3.05) is 18.8 Å². The highest BCUT2D eigenvalue weighted by atomic mass is 32.2. The number of sulfonamides is 1. The van der Waals surface area contributed by atoms with Gasteiger partial charge in [-0.3, -0.25) is 0 Å². The summed E-state index contributed by atoms with van der Waals surface area (Å²) in [5.74, 6) is -1.87. The normalized spacial score (nSPS) is 13.5. The van der Waals surface area contributed by atoms with Crippen molar-refractivity contribution in [2.45, 2.75) is 19.9 Å². The Morgan fingerprint density at radius 1 is 1.26 bits per heavy atom. The average Bonchev–Trinajstić information content (AvgIpc) is 2.32. The van der Waals surface area contributed by atoms with Gasteiger partial charge in [0.2, 0.25) is 10.0 Å². The van der Waals surface area contributed by atoms with E-state index in [9.17, 15) is 17.2 Å². The van der Waals surface area contributed by atoms with Gasteiger partial charge in [-0.25, -0.2) is 21.9 Å². The minimum atomic E-state index is -3.27. The van der Waals surface area contributed by atoms with E-state index < -0.39 is 21.7 Å². The van der Waals surface area contributed by atoms with Gasteiger partial charge in [-0.15, -0.1) is 0 Å². The number of rotatable bonds is 7. The monoisotopic (exact) mass is 292 g/mol. The van der Waals surface area contributed by atoms with Crippen LogP contribution in [-0.2, 0) is 10.0 Å². The summed E-state index contributed by atoms with van der Waals surface area (Å²) in [5, 5.41) is 2.95. The summed E-state index contributed by atoms with van der Waals surface area (Å²) in [6.45, 7) is 4.04. The van der Waals surface area contributed by atoms with Crippen LogP contribution >= 0.6 is 0 Å². The second-order valence-electron chi connectivity index (χ2n) is 4.17. The lowest BCUT2D eigenvalue weighted by atomic mass is 10.1. The maximum absolute atomic E-state index is 13.0. The van der Waals surface area contributed by atoms with Gasteiger partial charge in [0.15, 0.2) is 11.6 Å². The van der Waals surface area contributed by atoms with Gasteiger partial charge in [-0.05, 0) is 24.6 Å². The second-order valence-corrected chi connectivity index (χ2v) is 6.09. The largest absolute Gasteiger partial charge is 0.309 e. The van der Waals surface area contributed by atoms with Crippen LogP contribution in [0.15, 0.2) is 18.2 Å². The maximum Gasteiger partial charge on any atom is 0.212 e. The molecule has 0 aromatic heterocycles. The molecule has 1 aromatic rings. The summed E-state index contributed by atoms with van der Waals surface area (Å²) < 4.78 is 51.0. The van der Waals surface area contributed by atoms with Gasteiger partial charge in [0.25, 0.3) is 0 Å². The van der Waals surface area contributed by atoms with E-state index in [4.69, 9.17) is 0 Å². The summed E-state index contributed by atoms with van der Waals surface area (Å²) in [6.07, 6.45) is 0. The van der Waals surface area contributed by atoms with Crippen LogP contribution in [-0.4, -0.2) is 27.3 Å². The lowest BCUT2D eigenvalue weighted by Crippen LogP contribution is -2.32. The van der Waals surface area contributed by atoms with Crippen LogP contribution in [0.1, 0.15) is 25.5 Å². The lowest BCUT2D eigenvalue weighted by Gasteiger charge is -2.14. The third-order valence-corrected chi connectivity index (χ3v) is 4.10. The second kappa shape index (κ2) is 6.93. The van der Waals surface area contributed by atoms with Crippen molar-refractivity contribution >= 4 is 10.0 Å². The highest BCUT2D eigenvalue weighted by Gasteiger charge is 2.11. The molecule has 0 bridgehead atoms. The Morgan fingerprint density at radius 3 is 2.53 bits per heavy atom. The van der Waals surface area contributed by atoms with E-state index in [1.807, 2.05) is 0 Å². The first-order valence-corrected chi connectivity index (χ1v) is 7.66. The molecule has 2 N–H and O–H groups in total. The van der Waals surface area contributed by atoms with Crippen molar-refractivity contribution in [3.8, 4) is 0 Å². The fraction of sp³-hybridized carbons (Fsp3) is 0.500. The first kappa shape index (κ1) is 16.0. The van der Waals surface area contributed by atoms with Crippen LogP contribution in [0.3, 0.4) is 0 Å². The Hall–Kier alpha value is -1.05. The van der Waals surface area contributed by atoms with Gasteiger partial charge < -0.3 is 5.32 Å². The van der Waals surface area contributed by atoms with Crippen molar-refractivity contribution in [3.63, 3.8) is 0 Å². The van der Waals surface area contributed by atoms with Gasteiger partial charge in [0.05, 0.1) is 5.75 Å². The van der Waals surface area contributed by atoms with Crippen LogP contribution < -0.4 is 10.0 Å². The van der Waals surface area contributed by atoms with Crippen LogP contribution in [0.2, 0.25) is 0 Å². The number of halogens is 2. The van der Waals surface area contributed by atoms with Crippen LogP contribution in [0.4, 0.5) is 8.78 Å². The molecule has 0 spiro atoms. The van der Waals surface area contributed by atoms with Crippen LogP contribution in [0, 0.1) is 11.6 Å². The van der Waals surface area contributed by atoms with E-state index in [2.05, 4.69) is 10.0 Å². The molecule has 0 heterocycles. The first-order chi connectivity index (χ1) is 8.85. The molecule has 0 radical (unpaired) electrons. The molecular weight excluding hydrogens is 274 g/mol. The van der Waals surface area contributed by atoms with E-state index in [0.717, 1.165) is 12.1 Å². The zero-order chi connectivity index (χ0) is 14.5. The lowest BCUT2D eigenvalue weighted by molar-refractivity contribution is 0.502. The molecule has 0 amide bonds. The fourth-order valence-corrected chi connectivity index (χ4v) is 2.57. The summed E-state index contributed by atoms with van der Waals surface area (Å²) >= 11 is 0. The topological polar surface area (TPSA) is 58.2 Å². The number of benzene rings is 1. The standard InChI is InChI=1S/C12H18F2N2O2S/c1-3-16-19(17,18)7-6-15-9(2)10-4-5-11(13)12(14)8-10/h4-5,8-9,15-16H,3,6-7H2,1-2H3. The molecule has 0 saturated heterocycles. The Morgan fingerprint density at radius 2 is 1.95 bits per heavy atom. The third kappa shape index (κ3) is 5.22. The molecule has 0 fully saturated rings. The average molecular weight is 292 g/mol. The van der Waals surface area contributed by atoms with Crippen LogP contribution in [0.5, 0.6) is 0 Å².